The number of hydrogen-bond donors (Lipinski definition) is 3. The Morgan fingerprint density at radius 1 is 1.22 bits per heavy atom. The van der Waals surface area contributed by atoms with Gasteiger partial charge in [0.2, 0.25) is 11.8 Å². The van der Waals surface area contributed by atoms with Gasteiger partial charge in [-0.25, -0.2) is 4.79 Å². The summed E-state index contributed by atoms with van der Waals surface area (Å²) in [5, 5.41) is 6.84. The van der Waals surface area contributed by atoms with Gasteiger partial charge in [0, 0.05) is 42.0 Å². The molecule has 2 aliphatic heterocycles. The van der Waals surface area contributed by atoms with E-state index < -0.39 is 18.1 Å². The number of rotatable bonds is 8. The van der Waals surface area contributed by atoms with E-state index in [2.05, 4.69) is 15.6 Å². The van der Waals surface area contributed by atoms with Crippen LogP contribution in [-0.4, -0.2) is 65.4 Å². The van der Waals surface area contributed by atoms with Crippen molar-refractivity contribution in [1.29, 1.82) is 0 Å². The quantitative estimate of drug-likeness (QED) is 0.375. The second kappa shape index (κ2) is 10.8. The van der Waals surface area contributed by atoms with Gasteiger partial charge in [-0.05, 0) is 56.6 Å². The topological polar surface area (TPSA) is 121 Å². The molecule has 2 aromatic rings. The number of nitrogens with zero attached hydrogens (tertiary/aromatic N) is 1. The van der Waals surface area contributed by atoms with Gasteiger partial charge in [0.25, 0.3) is 5.91 Å². The van der Waals surface area contributed by atoms with Crippen molar-refractivity contribution >= 4 is 34.6 Å². The van der Waals surface area contributed by atoms with E-state index in [-0.39, 0.29) is 36.2 Å². The van der Waals surface area contributed by atoms with E-state index >= 15 is 0 Å². The highest BCUT2D eigenvalue weighted by molar-refractivity contribution is 6.00. The molecule has 3 amide bonds. The molecule has 9 heteroatoms. The first kappa shape index (κ1) is 25.0. The summed E-state index contributed by atoms with van der Waals surface area (Å²) in [6.07, 6.45) is 6.91. The number of likely N-dealkylation sites (tertiary alicyclic amines) is 1. The molecule has 0 spiro atoms. The van der Waals surface area contributed by atoms with Crippen LogP contribution < -0.4 is 10.6 Å². The lowest BCUT2D eigenvalue weighted by atomic mass is 9.92. The normalized spacial score (nSPS) is 25.9. The number of benzene rings is 1. The largest absolute Gasteiger partial charge is 0.463 e. The third-order valence-corrected chi connectivity index (χ3v) is 7.96. The Labute approximate surface area is 216 Å². The van der Waals surface area contributed by atoms with Gasteiger partial charge in [0.15, 0.2) is 0 Å². The fraction of sp³-hybridized carbons (Fsp3) is 0.500. The van der Waals surface area contributed by atoms with E-state index in [1.807, 2.05) is 30.3 Å². The third-order valence-electron chi connectivity index (χ3n) is 7.96. The average Bonchev–Trinajstić information content (AvgIpc) is 3.66. The summed E-state index contributed by atoms with van der Waals surface area (Å²) in [5.41, 5.74) is 1.35. The van der Waals surface area contributed by atoms with Crippen molar-refractivity contribution in [2.24, 2.45) is 17.8 Å². The summed E-state index contributed by atoms with van der Waals surface area (Å²) in [4.78, 5) is 56.5. The fourth-order valence-electron chi connectivity index (χ4n) is 6.21. The number of amides is 3. The highest BCUT2D eigenvalue weighted by Crippen LogP contribution is 2.43. The summed E-state index contributed by atoms with van der Waals surface area (Å²) in [7, 11) is 0. The van der Waals surface area contributed by atoms with Crippen molar-refractivity contribution in [3.05, 3.63) is 48.2 Å². The van der Waals surface area contributed by atoms with Crippen LogP contribution in [0.5, 0.6) is 0 Å². The van der Waals surface area contributed by atoms with Gasteiger partial charge in [-0.2, -0.15) is 0 Å². The maximum Gasteiger partial charge on any atom is 0.330 e. The zero-order chi connectivity index (χ0) is 25.9. The summed E-state index contributed by atoms with van der Waals surface area (Å²) in [6, 6.07) is 8.43. The van der Waals surface area contributed by atoms with Crippen molar-refractivity contribution in [2.45, 2.75) is 51.1 Å². The number of para-hydroxylation sites is 1. The lowest BCUT2D eigenvalue weighted by molar-refractivity contribution is -0.137. The first-order valence-corrected chi connectivity index (χ1v) is 13.3. The van der Waals surface area contributed by atoms with Crippen LogP contribution in [0.4, 0.5) is 0 Å². The summed E-state index contributed by atoms with van der Waals surface area (Å²) < 4.78 is 4.99. The molecule has 0 radical (unpaired) electrons. The number of aromatic amines is 1. The molecule has 3 aliphatic rings. The molecule has 3 heterocycles. The van der Waals surface area contributed by atoms with E-state index in [9.17, 15) is 19.2 Å². The maximum absolute atomic E-state index is 13.8. The van der Waals surface area contributed by atoms with Crippen LogP contribution in [0.2, 0.25) is 0 Å². The van der Waals surface area contributed by atoms with Crippen LogP contribution >= 0.6 is 0 Å². The molecule has 3 fully saturated rings. The van der Waals surface area contributed by atoms with E-state index in [0.29, 0.717) is 37.5 Å². The van der Waals surface area contributed by atoms with Gasteiger partial charge >= 0.3 is 5.97 Å². The number of aromatic nitrogens is 1. The standard InChI is InChI=1S/C28H34N4O5/c1-2-37-24(33)11-10-20(14-18-12-13-29-26(18)34)30-27(35)25-21-8-5-7-19(21)16-32(25)28(36)23-15-17-6-3-4-9-22(17)31-23/h3-4,6,9-11,15,18-21,25,31H,2,5,7-8,12-14,16H2,1H3,(H,29,34)(H,30,35)/b11-10+/t18-,19-,20+,21?,25-/m0/s1. The molecular weight excluding hydrogens is 472 g/mol. The molecule has 5 atom stereocenters. The zero-order valence-electron chi connectivity index (χ0n) is 21.1. The Kier molecular flexibility index (Phi) is 7.30. The second-order valence-electron chi connectivity index (χ2n) is 10.3. The highest BCUT2D eigenvalue weighted by Gasteiger charge is 2.50. The van der Waals surface area contributed by atoms with Crippen molar-refractivity contribution in [2.75, 3.05) is 19.7 Å². The Morgan fingerprint density at radius 2 is 2.05 bits per heavy atom. The molecule has 3 N–H and O–H groups in total. The lowest BCUT2D eigenvalue weighted by Gasteiger charge is -2.28. The number of fused-ring (bicyclic) bond motifs is 2. The van der Waals surface area contributed by atoms with Crippen LogP contribution in [-0.2, 0) is 19.1 Å². The number of carbonyl (C=O) groups is 4. The van der Waals surface area contributed by atoms with Gasteiger partial charge in [0.05, 0.1) is 6.61 Å². The van der Waals surface area contributed by atoms with E-state index in [1.54, 1.807) is 17.9 Å². The molecule has 1 aromatic carbocycles. The first-order valence-electron chi connectivity index (χ1n) is 13.3. The SMILES string of the molecule is CCOC(=O)/C=C/[C@H](C[C@@H]1CCNC1=O)NC(=O)[C@@H]1C2CCC[C@H]2CN1C(=O)c1cc2ccccc2[nH]1. The van der Waals surface area contributed by atoms with Gasteiger partial charge in [-0.1, -0.05) is 30.7 Å². The number of carbonyl (C=O) groups excluding carboxylic acids is 4. The summed E-state index contributed by atoms with van der Waals surface area (Å²) >= 11 is 0. The third kappa shape index (κ3) is 5.26. The predicted octanol–water partition coefficient (Wildman–Crippen LogP) is 2.54. The lowest BCUT2D eigenvalue weighted by Crippen LogP contribution is -2.51. The molecule has 1 saturated carbocycles. The minimum Gasteiger partial charge on any atom is -0.463 e. The Morgan fingerprint density at radius 3 is 2.81 bits per heavy atom. The molecular formula is C28H34N4O5. The Hall–Kier alpha value is -3.62. The summed E-state index contributed by atoms with van der Waals surface area (Å²) in [6.45, 7) is 3.13. The molecule has 37 heavy (non-hydrogen) atoms. The highest BCUT2D eigenvalue weighted by atomic mass is 16.5. The predicted molar refractivity (Wildman–Crippen MR) is 137 cm³/mol. The minimum atomic E-state index is -0.595. The van der Waals surface area contributed by atoms with Crippen LogP contribution in [0.1, 0.15) is 49.5 Å². The molecule has 2 saturated heterocycles. The monoisotopic (exact) mass is 506 g/mol. The van der Waals surface area contributed by atoms with Gasteiger partial charge in [0.1, 0.15) is 11.7 Å². The second-order valence-corrected chi connectivity index (χ2v) is 10.3. The van der Waals surface area contributed by atoms with Gasteiger partial charge in [-0.3, -0.25) is 14.4 Å². The molecule has 196 valence electrons. The fourth-order valence-corrected chi connectivity index (χ4v) is 6.21. The summed E-state index contributed by atoms with van der Waals surface area (Å²) in [5.74, 6) is -0.823. The smallest absolute Gasteiger partial charge is 0.330 e. The number of nitrogens with one attached hydrogen (secondary N) is 3. The van der Waals surface area contributed by atoms with Gasteiger partial charge < -0.3 is 25.3 Å². The first-order chi connectivity index (χ1) is 17.9. The number of esters is 1. The van der Waals surface area contributed by atoms with Crippen molar-refractivity contribution in [1.82, 2.24) is 20.5 Å². The van der Waals surface area contributed by atoms with E-state index in [0.717, 1.165) is 30.2 Å². The minimum absolute atomic E-state index is 0.0453. The van der Waals surface area contributed by atoms with Crippen LogP contribution in [0, 0.1) is 17.8 Å². The zero-order valence-corrected chi connectivity index (χ0v) is 21.1. The Bertz CT molecular complexity index is 1190. The number of hydrogen-bond acceptors (Lipinski definition) is 5. The van der Waals surface area contributed by atoms with Crippen LogP contribution in [0.25, 0.3) is 10.9 Å². The molecule has 1 aromatic heterocycles. The van der Waals surface area contributed by atoms with Crippen molar-refractivity contribution in [3.63, 3.8) is 0 Å². The number of ether oxygens (including phenoxy) is 1. The number of H-pyrrole nitrogens is 1. The van der Waals surface area contributed by atoms with E-state index in [4.69, 9.17) is 4.74 Å². The molecule has 1 aliphatic carbocycles. The van der Waals surface area contributed by atoms with Gasteiger partial charge in [-0.15, -0.1) is 0 Å². The van der Waals surface area contributed by atoms with Crippen LogP contribution in [0.15, 0.2) is 42.5 Å². The average molecular weight is 507 g/mol. The Balaban J connectivity index is 1.37. The van der Waals surface area contributed by atoms with E-state index in [1.165, 1.54) is 6.08 Å². The molecule has 0 bridgehead atoms. The molecule has 9 nitrogen and oxygen atoms in total. The maximum atomic E-state index is 13.8. The molecule has 5 rings (SSSR count). The van der Waals surface area contributed by atoms with Crippen molar-refractivity contribution in [3.8, 4) is 0 Å². The van der Waals surface area contributed by atoms with Crippen molar-refractivity contribution < 1.29 is 23.9 Å². The van der Waals surface area contributed by atoms with Crippen LogP contribution in [0.3, 0.4) is 0 Å². The molecule has 1 unspecified atom stereocenters.